The summed E-state index contributed by atoms with van der Waals surface area (Å²) in [5.74, 6) is 0.553. The van der Waals surface area contributed by atoms with Gasteiger partial charge in [-0.15, -0.1) is 0 Å². The quantitative estimate of drug-likeness (QED) is 0.584. The number of nitrogens with zero attached hydrogens (tertiary/aromatic N) is 1. The molecule has 2 rings (SSSR count). The Bertz CT molecular complexity index is 663. The van der Waals surface area contributed by atoms with Gasteiger partial charge in [0.1, 0.15) is 18.5 Å². The SMILES string of the molecule is CC(C)N(CC(COc1ccccc1)OC(=O)Cc1ccccc1)C(C)C. The van der Waals surface area contributed by atoms with Crippen molar-refractivity contribution in [2.45, 2.75) is 52.3 Å². The maximum Gasteiger partial charge on any atom is 0.310 e. The van der Waals surface area contributed by atoms with Crippen molar-refractivity contribution >= 4 is 5.97 Å². The summed E-state index contributed by atoms with van der Waals surface area (Å²) in [6, 6.07) is 20.0. The second kappa shape index (κ2) is 10.7. The third-order valence-electron chi connectivity index (χ3n) is 4.41. The van der Waals surface area contributed by atoms with Crippen LogP contribution in [0.15, 0.2) is 60.7 Å². The molecule has 0 spiro atoms. The van der Waals surface area contributed by atoms with E-state index in [0.29, 0.717) is 25.2 Å². The largest absolute Gasteiger partial charge is 0.490 e. The van der Waals surface area contributed by atoms with E-state index in [0.717, 1.165) is 11.3 Å². The Balaban J connectivity index is 2.01. The number of hydrogen-bond donors (Lipinski definition) is 0. The van der Waals surface area contributed by atoms with Gasteiger partial charge in [0, 0.05) is 18.6 Å². The molecule has 0 aromatic heterocycles. The zero-order valence-corrected chi connectivity index (χ0v) is 16.8. The molecule has 1 unspecified atom stereocenters. The predicted molar refractivity (Wildman–Crippen MR) is 109 cm³/mol. The van der Waals surface area contributed by atoms with Gasteiger partial charge < -0.3 is 9.47 Å². The Hall–Kier alpha value is -2.33. The molecular formula is C23H31NO3. The van der Waals surface area contributed by atoms with Crippen LogP contribution in [0.1, 0.15) is 33.3 Å². The van der Waals surface area contributed by atoms with Gasteiger partial charge in [0.25, 0.3) is 0 Å². The lowest BCUT2D eigenvalue weighted by atomic mass is 10.1. The van der Waals surface area contributed by atoms with Crippen molar-refractivity contribution in [3.8, 4) is 5.75 Å². The van der Waals surface area contributed by atoms with E-state index in [-0.39, 0.29) is 18.5 Å². The second-order valence-electron chi connectivity index (χ2n) is 7.28. The minimum absolute atomic E-state index is 0.227. The van der Waals surface area contributed by atoms with Crippen LogP contribution >= 0.6 is 0 Å². The van der Waals surface area contributed by atoms with Crippen LogP contribution in [0.4, 0.5) is 0 Å². The zero-order chi connectivity index (χ0) is 19.6. The monoisotopic (exact) mass is 369 g/mol. The van der Waals surface area contributed by atoms with Gasteiger partial charge in [0.2, 0.25) is 0 Å². The fourth-order valence-corrected chi connectivity index (χ4v) is 3.07. The Kier molecular flexibility index (Phi) is 8.34. The minimum atomic E-state index is -0.328. The highest BCUT2D eigenvalue weighted by Crippen LogP contribution is 2.13. The van der Waals surface area contributed by atoms with Crippen molar-refractivity contribution in [1.82, 2.24) is 4.90 Å². The molecule has 0 amide bonds. The van der Waals surface area contributed by atoms with Gasteiger partial charge in [0.05, 0.1) is 6.42 Å². The molecule has 0 radical (unpaired) electrons. The smallest absolute Gasteiger partial charge is 0.310 e. The topological polar surface area (TPSA) is 38.8 Å². The van der Waals surface area contributed by atoms with E-state index >= 15 is 0 Å². The summed E-state index contributed by atoms with van der Waals surface area (Å²) in [4.78, 5) is 14.8. The van der Waals surface area contributed by atoms with Gasteiger partial charge in [0.15, 0.2) is 0 Å². The van der Waals surface area contributed by atoms with Gasteiger partial charge in [-0.05, 0) is 45.4 Å². The number of carbonyl (C=O) groups excluding carboxylic acids is 1. The van der Waals surface area contributed by atoms with Crippen molar-refractivity contribution in [2.24, 2.45) is 0 Å². The molecule has 0 aliphatic carbocycles. The standard InChI is InChI=1S/C23H31NO3/c1-18(2)24(19(3)4)16-22(17-26-21-13-9-6-10-14-21)27-23(25)15-20-11-7-5-8-12-20/h5-14,18-19,22H,15-17H2,1-4H3. The molecule has 2 aromatic carbocycles. The fraction of sp³-hybridized carbons (Fsp3) is 0.435. The minimum Gasteiger partial charge on any atom is -0.490 e. The van der Waals surface area contributed by atoms with Crippen LogP contribution in [0.3, 0.4) is 0 Å². The van der Waals surface area contributed by atoms with E-state index in [9.17, 15) is 4.79 Å². The van der Waals surface area contributed by atoms with Crippen LogP contribution in [0, 0.1) is 0 Å². The van der Waals surface area contributed by atoms with E-state index in [1.54, 1.807) is 0 Å². The first-order valence-electron chi connectivity index (χ1n) is 9.62. The van der Waals surface area contributed by atoms with Crippen LogP contribution in [0.5, 0.6) is 5.75 Å². The molecule has 146 valence electrons. The molecule has 0 saturated heterocycles. The summed E-state index contributed by atoms with van der Waals surface area (Å²) >= 11 is 0. The highest BCUT2D eigenvalue weighted by molar-refractivity contribution is 5.72. The van der Waals surface area contributed by atoms with Crippen molar-refractivity contribution in [1.29, 1.82) is 0 Å². The van der Waals surface area contributed by atoms with Gasteiger partial charge >= 0.3 is 5.97 Å². The first kappa shape index (κ1) is 21.0. The number of rotatable bonds is 10. The number of ether oxygens (including phenoxy) is 2. The Morgan fingerprint density at radius 1 is 0.889 bits per heavy atom. The molecular weight excluding hydrogens is 338 g/mol. The summed E-state index contributed by atoms with van der Waals surface area (Å²) in [5, 5.41) is 0. The molecule has 0 bridgehead atoms. The summed E-state index contributed by atoms with van der Waals surface area (Å²) in [5.41, 5.74) is 0.954. The van der Waals surface area contributed by atoms with Crippen LogP contribution in [0.2, 0.25) is 0 Å². The lowest BCUT2D eigenvalue weighted by molar-refractivity contribution is -0.151. The highest BCUT2D eigenvalue weighted by atomic mass is 16.6. The van der Waals surface area contributed by atoms with Gasteiger partial charge in [-0.1, -0.05) is 48.5 Å². The number of hydrogen-bond acceptors (Lipinski definition) is 4. The molecule has 0 aliphatic heterocycles. The fourth-order valence-electron chi connectivity index (χ4n) is 3.07. The zero-order valence-electron chi connectivity index (χ0n) is 16.8. The van der Waals surface area contributed by atoms with Crippen molar-refractivity contribution in [2.75, 3.05) is 13.2 Å². The van der Waals surface area contributed by atoms with Crippen molar-refractivity contribution in [3.05, 3.63) is 66.2 Å². The first-order chi connectivity index (χ1) is 13.0. The highest BCUT2D eigenvalue weighted by Gasteiger charge is 2.23. The van der Waals surface area contributed by atoms with Crippen LogP contribution in [-0.2, 0) is 16.0 Å². The van der Waals surface area contributed by atoms with Gasteiger partial charge in [-0.25, -0.2) is 0 Å². The van der Waals surface area contributed by atoms with Crippen LogP contribution in [0.25, 0.3) is 0 Å². The van der Waals surface area contributed by atoms with Crippen LogP contribution in [-0.4, -0.2) is 42.2 Å². The Labute approximate surface area is 163 Å². The van der Waals surface area contributed by atoms with Crippen molar-refractivity contribution in [3.63, 3.8) is 0 Å². The molecule has 0 fully saturated rings. The average Bonchev–Trinajstić information content (AvgIpc) is 2.65. The summed E-state index contributed by atoms with van der Waals surface area (Å²) in [7, 11) is 0. The molecule has 2 aromatic rings. The number of benzene rings is 2. The summed E-state index contributed by atoms with van der Waals surface area (Å²) in [6.45, 7) is 9.59. The molecule has 0 saturated carbocycles. The van der Waals surface area contributed by atoms with E-state index in [1.807, 2.05) is 60.7 Å². The van der Waals surface area contributed by atoms with Gasteiger partial charge in [-0.2, -0.15) is 0 Å². The number of para-hydroxylation sites is 1. The molecule has 0 heterocycles. The lowest BCUT2D eigenvalue weighted by Crippen LogP contribution is -2.45. The predicted octanol–water partition coefficient (Wildman–Crippen LogP) is 4.34. The van der Waals surface area contributed by atoms with Crippen molar-refractivity contribution < 1.29 is 14.3 Å². The van der Waals surface area contributed by atoms with Crippen LogP contribution < -0.4 is 4.74 Å². The van der Waals surface area contributed by atoms with E-state index in [1.165, 1.54) is 0 Å². The maximum atomic E-state index is 12.5. The van der Waals surface area contributed by atoms with E-state index < -0.39 is 0 Å². The number of carbonyl (C=O) groups is 1. The number of esters is 1. The molecule has 27 heavy (non-hydrogen) atoms. The summed E-state index contributed by atoms with van der Waals surface area (Å²) < 4.78 is 11.7. The van der Waals surface area contributed by atoms with E-state index in [4.69, 9.17) is 9.47 Å². The third-order valence-corrected chi connectivity index (χ3v) is 4.41. The molecule has 4 nitrogen and oxygen atoms in total. The lowest BCUT2D eigenvalue weighted by Gasteiger charge is -2.33. The van der Waals surface area contributed by atoms with Gasteiger partial charge in [-0.3, -0.25) is 9.69 Å². The first-order valence-corrected chi connectivity index (χ1v) is 9.62. The third kappa shape index (κ3) is 7.43. The average molecular weight is 370 g/mol. The summed E-state index contributed by atoms with van der Waals surface area (Å²) in [6.07, 6.45) is -0.0577. The second-order valence-corrected chi connectivity index (χ2v) is 7.28. The Morgan fingerprint density at radius 2 is 1.44 bits per heavy atom. The normalized spacial score (nSPS) is 12.4. The molecule has 4 heteroatoms. The molecule has 0 aliphatic rings. The maximum absolute atomic E-state index is 12.5. The molecule has 1 atom stereocenters. The molecule has 0 N–H and O–H groups in total. The Morgan fingerprint density at radius 3 is 2.00 bits per heavy atom. The van der Waals surface area contributed by atoms with E-state index in [2.05, 4.69) is 32.6 Å².